The van der Waals surface area contributed by atoms with Gasteiger partial charge in [-0.25, -0.2) is 4.98 Å². The molecule has 20 heavy (non-hydrogen) atoms. The molecule has 0 spiro atoms. The van der Waals surface area contributed by atoms with Crippen LogP contribution in [0.2, 0.25) is 5.02 Å². The van der Waals surface area contributed by atoms with Crippen LogP contribution in [-0.2, 0) is 0 Å². The molecule has 0 atom stereocenters. The van der Waals surface area contributed by atoms with E-state index in [0.29, 0.717) is 17.5 Å². The molecule has 3 rings (SSSR count). The summed E-state index contributed by atoms with van der Waals surface area (Å²) in [6, 6.07) is 5.65. The quantitative estimate of drug-likeness (QED) is 0.843. The summed E-state index contributed by atoms with van der Waals surface area (Å²) in [6.07, 6.45) is 5.14. The lowest BCUT2D eigenvalue weighted by atomic mass is 10.0. The van der Waals surface area contributed by atoms with Gasteiger partial charge < -0.3 is 9.64 Å². The third kappa shape index (κ3) is 3.04. The van der Waals surface area contributed by atoms with E-state index in [9.17, 15) is 0 Å². The zero-order valence-electron chi connectivity index (χ0n) is 10.7. The predicted molar refractivity (Wildman–Crippen MR) is 82.4 cm³/mol. The van der Waals surface area contributed by atoms with Gasteiger partial charge in [-0.1, -0.05) is 11.6 Å². The minimum absolute atomic E-state index is 0.514. The van der Waals surface area contributed by atoms with Crippen molar-refractivity contribution < 1.29 is 4.74 Å². The molecule has 0 radical (unpaired) electrons. The van der Waals surface area contributed by atoms with Gasteiger partial charge in [0.2, 0.25) is 0 Å². The Balaban J connectivity index is 1.51. The lowest BCUT2D eigenvalue weighted by Gasteiger charge is -2.40. The van der Waals surface area contributed by atoms with Gasteiger partial charge in [-0.05, 0) is 34.1 Å². The van der Waals surface area contributed by atoms with Gasteiger partial charge in [0.05, 0.1) is 22.3 Å². The summed E-state index contributed by atoms with van der Waals surface area (Å²) in [5.74, 6) is 2.27. The van der Waals surface area contributed by atoms with Gasteiger partial charge in [-0.2, -0.15) is 0 Å². The van der Waals surface area contributed by atoms with E-state index in [-0.39, 0.29) is 0 Å². The van der Waals surface area contributed by atoms with Crippen LogP contribution in [0.3, 0.4) is 0 Å². The second kappa shape index (κ2) is 5.97. The van der Waals surface area contributed by atoms with E-state index in [1.807, 2.05) is 18.2 Å². The molecule has 0 unspecified atom stereocenters. The molecular weight excluding hydrogens is 342 g/mol. The Morgan fingerprint density at radius 2 is 2.25 bits per heavy atom. The summed E-state index contributed by atoms with van der Waals surface area (Å²) in [7, 11) is 0. The van der Waals surface area contributed by atoms with Crippen molar-refractivity contribution in [2.45, 2.75) is 0 Å². The number of nitrogens with zero attached hydrogens (tertiary/aromatic N) is 3. The van der Waals surface area contributed by atoms with E-state index in [2.05, 4.69) is 30.8 Å². The van der Waals surface area contributed by atoms with Gasteiger partial charge in [-0.15, -0.1) is 0 Å². The Bertz CT molecular complexity index is 590. The first-order valence-electron chi connectivity index (χ1n) is 6.31. The molecule has 2 aromatic rings. The van der Waals surface area contributed by atoms with Gasteiger partial charge in [0.1, 0.15) is 11.6 Å². The lowest BCUT2D eigenvalue weighted by Crippen LogP contribution is -2.49. The largest absolute Gasteiger partial charge is 0.492 e. The standard InChI is InChI=1S/C14H13BrClN3O/c15-13-4-11(16)5-18-14(13)19-7-10(8-19)9-20-12-2-1-3-17-6-12/h1-6,10H,7-9H2. The van der Waals surface area contributed by atoms with Crippen molar-refractivity contribution in [3.63, 3.8) is 0 Å². The topological polar surface area (TPSA) is 38.2 Å². The maximum absolute atomic E-state index is 5.89. The average Bonchev–Trinajstić information content (AvgIpc) is 2.40. The van der Waals surface area contributed by atoms with Crippen LogP contribution in [0.1, 0.15) is 0 Å². The van der Waals surface area contributed by atoms with Crippen LogP contribution in [0, 0.1) is 5.92 Å². The number of halogens is 2. The average molecular weight is 355 g/mol. The maximum atomic E-state index is 5.89. The molecule has 4 nitrogen and oxygen atoms in total. The number of ether oxygens (including phenoxy) is 1. The Morgan fingerprint density at radius 3 is 2.95 bits per heavy atom. The Labute approximate surface area is 130 Å². The number of anilines is 1. The number of hydrogen-bond donors (Lipinski definition) is 0. The summed E-state index contributed by atoms with van der Waals surface area (Å²) < 4.78 is 6.63. The van der Waals surface area contributed by atoms with E-state index < -0.39 is 0 Å². The Morgan fingerprint density at radius 1 is 1.40 bits per heavy atom. The summed E-state index contributed by atoms with van der Waals surface area (Å²) in [6.45, 7) is 2.58. The molecular formula is C14H13BrClN3O. The Hall–Kier alpha value is -1.33. The summed E-state index contributed by atoms with van der Waals surface area (Å²) in [4.78, 5) is 10.6. The van der Waals surface area contributed by atoms with Gasteiger partial charge in [0, 0.05) is 31.4 Å². The zero-order chi connectivity index (χ0) is 13.9. The van der Waals surface area contributed by atoms with Crippen molar-refractivity contribution in [1.82, 2.24) is 9.97 Å². The SMILES string of the molecule is Clc1cnc(N2CC(COc3cccnc3)C2)c(Br)c1. The highest BCUT2D eigenvalue weighted by Gasteiger charge is 2.29. The first kappa shape index (κ1) is 13.6. The van der Waals surface area contributed by atoms with Gasteiger partial charge in [0.15, 0.2) is 0 Å². The minimum Gasteiger partial charge on any atom is -0.492 e. The van der Waals surface area contributed by atoms with Crippen LogP contribution in [0.5, 0.6) is 5.75 Å². The van der Waals surface area contributed by atoms with Gasteiger partial charge in [0.25, 0.3) is 0 Å². The molecule has 0 saturated carbocycles. The lowest BCUT2D eigenvalue weighted by molar-refractivity contribution is 0.219. The third-order valence-corrected chi connectivity index (χ3v) is 3.96. The molecule has 0 bridgehead atoms. The number of hydrogen-bond acceptors (Lipinski definition) is 4. The molecule has 3 heterocycles. The molecule has 1 aliphatic heterocycles. The first-order valence-corrected chi connectivity index (χ1v) is 7.48. The fraction of sp³-hybridized carbons (Fsp3) is 0.286. The van der Waals surface area contributed by atoms with Crippen molar-refractivity contribution in [2.24, 2.45) is 5.92 Å². The summed E-state index contributed by atoms with van der Waals surface area (Å²) in [5, 5.41) is 0.637. The highest BCUT2D eigenvalue weighted by atomic mass is 79.9. The summed E-state index contributed by atoms with van der Waals surface area (Å²) in [5.41, 5.74) is 0. The van der Waals surface area contributed by atoms with Gasteiger partial charge in [-0.3, -0.25) is 4.98 Å². The molecule has 0 N–H and O–H groups in total. The van der Waals surface area contributed by atoms with Crippen molar-refractivity contribution in [2.75, 3.05) is 24.6 Å². The predicted octanol–water partition coefficient (Wildman–Crippen LogP) is 3.41. The summed E-state index contributed by atoms with van der Waals surface area (Å²) >= 11 is 9.38. The second-order valence-electron chi connectivity index (χ2n) is 4.73. The van der Waals surface area contributed by atoms with E-state index in [0.717, 1.165) is 29.1 Å². The van der Waals surface area contributed by atoms with E-state index in [4.69, 9.17) is 16.3 Å². The molecule has 1 aliphatic rings. The molecule has 0 aliphatic carbocycles. The fourth-order valence-electron chi connectivity index (χ4n) is 2.13. The Kier molecular flexibility index (Phi) is 4.08. The molecule has 1 saturated heterocycles. The minimum atomic E-state index is 0.514. The third-order valence-electron chi connectivity index (χ3n) is 3.17. The second-order valence-corrected chi connectivity index (χ2v) is 6.02. The number of pyridine rings is 2. The zero-order valence-corrected chi connectivity index (χ0v) is 13.0. The van der Waals surface area contributed by atoms with E-state index in [1.165, 1.54) is 0 Å². The molecule has 0 amide bonds. The first-order chi connectivity index (χ1) is 9.72. The molecule has 1 fully saturated rings. The molecule has 6 heteroatoms. The molecule has 0 aromatic carbocycles. The number of rotatable bonds is 4. The van der Waals surface area contributed by atoms with Crippen LogP contribution in [0.4, 0.5) is 5.82 Å². The highest BCUT2D eigenvalue weighted by molar-refractivity contribution is 9.10. The van der Waals surface area contributed by atoms with Crippen LogP contribution in [-0.4, -0.2) is 29.7 Å². The monoisotopic (exact) mass is 353 g/mol. The van der Waals surface area contributed by atoms with E-state index in [1.54, 1.807) is 18.6 Å². The van der Waals surface area contributed by atoms with Crippen molar-refractivity contribution >= 4 is 33.3 Å². The number of aromatic nitrogens is 2. The fourth-order valence-corrected chi connectivity index (χ4v) is 3.02. The van der Waals surface area contributed by atoms with Crippen LogP contribution < -0.4 is 9.64 Å². The van der Waals surface area contributed by atoms with E-state index >= 15 is 0 Å². The smallest absolute Gasteiger partial charge is 0.142 e. The highest BCUT2D eigenvalue weighted by Crippen LogP contribution is 2.31. The normalized spacial score (nSPS) is 15.0. The molecule has 104 valence electrons. The van der Waals surface area contributed by atoms with Crippen molar-refractivity contribution in [1.29, 1.82) is 0 Å². The maximum Gasteiger partial charge on any atom is 0.142 e. The van der Waals surface area contributed by atoms with Crippen molar-refractivity contribution in [3.05, 3.63) is 46.3 Å². The van der Waals surface area contributed by atoms with Crippen LogP contribution in [0.25, 0.3) is 0 Å². The van der Waals surface area contributed by atoms with Crippen LogP contribution in [0.15, 0.2) is 41.3 Å². The van der Waals surface area contributed by atoms with Crippen LogP contribution >= 0.6 is 27.5 Å². The van der Waals surface area contributed by atoms with Crippen molar-refractivity contribution in [3.8, 4) is 5.75 Å². The molecule has 2 aromatic heterocycles. The van der Waals surface area contributed by atoms with Gasteiger partial charge >= 0.3 is 0 Å².